The number of nitrogens with zero attached hydrogens (tertiary/aromatic N) is 1. The number of aryl methyl sites for hydroxylation is 1. The Labute approximate surface area is 201 Å². The summed E-state index contributed by atoms with van der Waals surface area (Å²) in [7, 11) is 0. The molecule has 8 heteroatoms. The molecular formula is C25H27N3O3S2. The van der Waals surface area contributed by atoms with E-state index in [1.807, 2.05) is 54.1 Å². The number of hydrogen-bond acceptors (Lipinski definition) is 5. The molecule has 0 spiro atoms. The Morgan fingerprint density at radius 2 is 1.79 bits per heavy atom. The number of anilines is 1. The number of rotatable bonds is 8. The molecule has 1 aliphatic rings. The predicted octanol–water partition coefficient (Wildman–Crippen LogP) is 4.68. The number of amides is 3. The van der Waals surface area contributed by atoms with Gasteiger partial charge in [0.1, 0.15) is 6.04 Å². The van der Waals surface area contributed by atoms with Crippen molar-refractivity contribution < 1.29 is 14.4 Å². The van der Waals surface area contributed by atoms with Crippen LogP contribution in [0.1, 0.15) is 51.8 Å². The van der Waals surface area contributed by atoms with Crippen molar-refractivity contribution in [2.24, 2.45) is 0 Å². The Morgan fingerprint density at radius 3 is 2.45 bits per heavy atom. The minimum absolute atomic E-state index is 0.132. The summed E-state index contributed by atoms with van der Waals surface area (Å²) in [4.78, 5) is 42.4. The number of carbonyl (C=O) groups is 3. The van der Waals surface area contributed by atoms with E-state index in [0.717, 1.165) is 36.1 Å². The zero-order valence-electron chi connectivity index (χ0n) is 18.5. The van der Waals surface area contributed by atoms with Crippen LogP contribution in [0.25, 0.3) is 0 Å². The molecule has 1 saturated carbocycles. The molecule has 1 unspecified atom stereocenters. The van der Waals surface area contributed by atoms with E-state index >= 15 is 0 Å². The summed E-state index contributed by atoms with van der Waals surface area (Å²) in [6, 6.07) is 14.1. The van der Waals surface area contributed by atoms with Gasteiger partial charge in [-0.2, -0.15) is 0 Å². The molecule has 1 atom stereocenters. The van der Waals surface area contributed by atoms with Crippen LogP contribution in [0.5, 0.6) is 0 Å². The zero-order chi connectivity index (χ0) is 23.2. The first-order valence-corrected chi connectivity index (χ1v) is 12.8. The number of benzene rings is 1. The van der Waals surface area contributed by atoms with E-state index in [0.29, 0.717) is 10.6 Å². The fourth-order valence-electron chi connectivity index (χ4n) is 4.12. The van der Waals surface area contributed by atoms with E-state index in [1.165, 1.54) is 27.6 Å². The van der Waals surface area contributed by atoms with Crippen molar-refractivity contribution in [1.29, 1.82) is 0 Å². The molecule has 1 aliphatic carbocycles. The van der Waals surface area contributed by atoms with Crippen molar-refractivity contribution in [3.05, 3.63) is 74.6 Å². The van der Waals surface area contributed by atoms with Gasteiger partial charge >= 0.3 is 0 Å². The molecular weight excluding hydrogens is 454 g/mol. The standard InChI is InChI=1S/C25H27N3O3S2/c1-17-7-4-10-19(15-17)28(22(29)16-26-24(30)21-12-6-14-33-21)23(20-11-5-13-32-20)25(31)27-18-8-2-3-9-18/h4-7,10-15,18,23H,2-3,8-9,16H2,1H3,(H,26,30)(H,27,31). The summed E-state index contributed by atoms with van der Waals surface area (Å²) in [6.07, 6.45) is 4.12. The molecule has 172 valence electrons. The molecule has 33 heavy (non-hydrogen) atoms. The smallest absolute Gasteiger partial charge is 0.261 e. The van der Waals surface area contributed by atoms with Crippen molar-refractivity contribution in [2.75, 3.05) is 11.4 Å². The number of nitrogens with one attached hydrogen (secondary N) is 2. The lowest BCUT2D eigenvalue weighted by Crippen LogP contribution is -2.49. The van der Waals surface area contributed by atoms with Crippen molar-refractivity contribution >= 4 is 46.1 Å². The molecule has 3 aromatic rings. The summed E-state index contributed by atoms with van der Waals surface area (Å²) in [5.74, 6) is -0.833. The van der Waals surface area contributed by atoms with Gasteiger partial charge in [-0.3, -0.25) is 19.3 Å². The SMILES string of the molecule is Cc1cccc(N(C(=O)CNC(=O)c2cccs2)C(C(=O)NC2CCCC2)c2cccs2)c1. The predicted molar refractivity (Wildman–Crippen MR) is 133 cm³/mol. The highest BCUT2D eigenvalue weighted by atomic mass is 32.1. The molecule has 0 bridgehead atoms. The summed E-state index contributed by atoms with van der Waals surface area (Å²) in [6.45, 7) is 1.74. The topological polar surface area (TPSA) is 78.5 Å². The van der Waals surface area contributed by atoms with Crippen LogP contribution in [0, 0.1) is 6.92 Å². The maximum atomic E-state index is 13.5. The fourth-order valence-corrected chi connectivity index (χ4v) is 5.57. The van der Waals surface area contributed by atoms with E-state index in [4.69, 9.17) is 0 Å². The Balaban J connectivity index is 1.63. The summed E-state index contributed by atoms with van der Waals surface area (Å²) >= 11 is 2.76. The molecule has 3 amide bonds. The first-order valence-electron chi connectivity index (χ1n) is 11.1. The molecule has 2 N–H and O–H groups in total. The van der Waals surface area contributed by atoms with Crippen molar-refractivity contribution in [2.45, 2.75) is 44.7 Å². The van der Waals surface area contributed by atoms with Crippen molar-refractivity contribution in [1.82, 2.24) is 10.6 Å². The van der Waals surface area contributed by atoms with Crippen LogP contribution in [0.3, 0.4) is 0 Å². The maximum absolute atomic E-state index is 13.5. The largest absolute Gasteiger partial charge is 0.351 e. The fraction of sp³-hybridized carbons (Fsp3) is 0.320. The van der Waals surface area contributed by atoms with Gasteiger partial charge in [-0.25, -0.2) is 0 Å². The third-order valence-corrected chi connectivity index (χ3v) is 7.51. The highest BCUT2D eigenvalue weighted by Crippen LogP contribution is 2.32. The highest BCUT2D eigenvalue weighted by molar-refractivity contribution is 7.12. The van der Waals surface area contributed by atoms with E-state index in [-0.39, 0.29) is 30.3 Å². The lowest BCUT2D eigenvalue weighted by Gasteiger charge is -2.31. The van der Waals surface area contributed by atoms with Crippen molar-refractivity contribution in [3.8, 4) is 0 Å². The molecule has 1 aromatic carbocycles. The van der Waals surface area contributed by atoms with Crippen molar-refractivity contribution in [3.63, 3.8) is 0 Å². The zero-order valence-corrected chi connectivity index (χ0v) is 20.1. The Kier molecular flexibility index (Phi) is 7.57. The van der Waals surface area contributed by atoms with Gasteiger partial charge in [0, 0.05) is 16.6 Å². The summed E-state index contributed by atoms with van der Waals surface area (Å²) in [5, 5.41) is 9.60. The Hall–Kier alpha value is -2.97. The van der Waals surface area contributed by atoms with E-state index in [9.17, 15) is 14.4 Å². The second kappa shape index (κ2) is 10.8. The van der Waals surface area contributed by atoms with Crippen LogP contribution in [0.2, 0.25) is 0 Å². The van der Waals surface area contributed by atoms with E-state index < -0.39 is 6.04 Å². The molecule has 0 radical (unpaired) electrons. The van der Waals surface area contributed by atoms with Crippen LogP contribution in [-0.4, -0.2) is 30.3 Å². The lowest BCUT2D eigenvalue weighted by atomic mass is 10.1. The maximum Gasteiger partial charge on any atom is 0.261 e. The lowest BCUT2D eigenvalue weighted by molar-refractivity contribution is -0.126. The van der Waals surface area contributed by atoms with Gasteiger partial charge in [0.15, 0.2) is 0 Å². The minimum Gasteiger partial charge on any atom is -0.351 e. The van der Waals surface area contributed by atoms with Gasteiger partial charge in [-0.05, 0) is 60.4 Å². The number of thiophene rings is 2. The van der Waals surface area contributed by atoms with Gasteiger partial charge in [-0.15, -0.1) is 22.7 Å². The van der Waals surface area contributed by atoms with E-state index in [2.05, 4.69) is 10.6 Å². The minimum atomic E-state index is -0.807. The molecule has 6 nitrogen and oxygen atoms in total. The van der Waals surface area contributed by atoms with E-state index in [1.54, 1.807) is 12.1 Å². The number of hydrogen-bond donors (Lipinski definition) is 2. The highest BCUT2D eigenvalue weighted by Gasteiger charge is 2.35. The van der Waals surface area contributed by atoms with Crippen LogP contribution in [0.4, 0.5) is 5.69 Å². The molecule has 2 heterocycles. The van der Waals surface area contributed by atoms with Gasteiger partial charge in [0.05, 0.1) is 11.4 Å². The molecule has 2 aromatic heterocycles. The quantitative estimate of drug-likeness (QED) is 0.490. The second-order valence-electron chi connectivity index (χ2n) is 8.17. The van der Waals surface area contributed by atoms with Gasteiger partial charge < -0.3 is 10.6 Å². The Morgan fingerprint density at radius 1 is 1.03 bits per heavy atom. The summed E-state index contributed by atoms with van der Waals surface area (Å²) in [5.41, 5.74) is 1.61. The van der Waals surface area contributed by atoms with Gasteiger partial charge in [0.25, 0.3) is 5.91 Å². The average Bonchev–Trinajstić information content (AvgIpc) is 3.58. The normalized spacial score (nSPS) is 14.6. The van der Waals surface area contributed by atoms with Gasteiger partial charge in [0.2, 0.25) is 11.8 Å². The molecule has 1 fully saturated rings. The first-order chi connectivity index (χ1) is 16.0. The van der Waals surface area contributed by atoms with Crippen LogP contribution in [0.15, 0.2) is 59.3 Å². The molecule has 0 aliphatic heterocycles. The van der Waals surface area contributed by atoms with Crippen LogP contribution >= 0.6 is 22.7 Å². The van der Waals surface area contributed by atoms with Gasteiger partial charge in [-0.1, -0.05) is 37.1 Å². The average molecular weight is 482 g/mol. The molecule has 0 saturated heterocycles. The monoisotopic (exact) mass is 481 g/mol. The third-order valence-electron chi connectivity index (χ3n) is 5.71. The first kappa shape index (κ1) is 23.2. The van der Waals surface area contributed by atoms with Crippen LogP contribution < -0.4 is 15.5 Å². The molecule has 4 rings (SSSR count). The third kappa shape index (κ3) is 5.69. The summed E-state index contributed by atoms with van der Waals surface area (Å²) < 4.78 is 0. The number of carbonyl (C=O) groups excluding carboxylic acids is 3. The van der Waals surface area contributed by atoms with Crippen LogP contribution in [-0.2, 0) is 9.59 Å². The second-order valence-corrected chi connectivity index (χ2v) is 10.1. The Bertz CT molecular complexity index is 1090.